The smallest absolute Gasteiger partial charge is 0.0998 e. The van der Waals surface area contributed by atoms with Gasteiger partial charge in [0.05, 0.1) is 11.6 Å². The molecule has 0 amide bonds. The quantitative estimate of drug-likeness (QED) is 0.140. The molecule has 1 nitrogen and oxygen atoms in total. The molecule has 2 heteroatoms. The van der Waals surface area contributed by atoms with E-state index in [9.17, 15) is 5.26 Å². The van der Waals surface area contributed by atoms with Crippen LogP contribution in [0.2, 0.25) is 0 Å². The molecule has 0 fully saturated rings. The SMILES string of the molecule is N#CC(=Cc1ccc(-c2ccc3ccc4cccc5ccc2c3c45)cc1)c1ccc(Br)cc1. The van der Waals surface area contributed by atoms with Gasteiger partial charge in [0.1, 0.15) is 0 Å². The van der Waals surface area contributed by atoms with Crippen LogP contribution in [-0.4, -0.2) is 0 Å². The molecule has 0 unspecified atom stereocenters. The Hall–Kier alpha value is -3.93. The fraction of sp³-hybridized carbons (Fsp3) is 0. The summed E-state index contributed by atoms with van der Waals surface area (Å²) in [5, 5.41) is 17.4. The van der Waals surface area contributed by atoms with Crippen LogP contribution in [0.1, 0.15) is 11.1 Å². The molecule has 0 heterocycles. The summed E-state index contributed by atoms with van der Waals surface area (Å²) in [6, 6.07) is 38.5. The topological polar surface area (TPSA) is 23.8 Å². The average molecular weight is 484 g/mol. The van der Waals surface area contributed by atoms with Crippen molar-refractivity contribution in [3.63, 3.8) is 0 Å². The first-order chi connectivity index (χ1) is 16.2. The molecule has 0 radical (unpaired) electrons. The number of hydrogen-bond donors (Lipinski definition) is 0. The van der Waals surface area contributed by atoms with Crippen molar-refractivity contribution in [1.82, 2.24) is 0 Å². The molecule has 33 heavy (non-hydrogen) atoms. The summed E-state index contributed by atoms with van der Waals surface area (Å²) in [6.07, 6.45) is 1.94. The number of benzene rings is 6. The van der Waals surface area contributed by atoms with E-state index < -0.39 is 0 Å². The molecule has 0 aliphatic heterocycles. The van der Waals surface area contributed by atoms with E-state index in [0.29, 0.717) is 5.57 Å². The van der Waals surface area contributed by atoms with Gasteiger partial charge in [-0.15, -0.1) is 0 Å². The van der Waals surface area contributed by atoms with Crippen LogP contribution in [0.4, 0.5) is 0 Å². The van der Waals surface area contributed by atoms with Crippen molar-refractivity contribution >= 4 is 59.9 Å². The van der Waals surface area contributed by atoms with Crippen LogP contribution < -0.4 is 0 Å². The largest absolute Gasteiger partial charge is 0.192 e. The number of allylic oxidation sites excluding steroid dienone is 1. The number of hydrogen-bond acceptors (Lipinski definition) is 1. The maximum absolute atomic E-state index is 9.67. The summed E-state index contributed by atoms with van der Waals surface area (Å²) in [4.78, 5) is 0. The second-order valence-electron chi connectivity index (χ2n) is 8.27. The minimum Gasteiger partial charge on any atom is -0.192 e. The lowest BCUT2D eigenvalue weighted by molar-refractivity contribution is 1.52. The molecule has 154 valence electrons. The van der Waals surface area contributed by atoms with E-state index in [2.05, 4.69) is 101 Å². The predicted octanol–water partition coefficient (Wildman–Crippen LogP) is 9.08. The van der Waals surface area contributed by atoms with Crippen LogP contribution in [0.25, 0.3) is 55.1 Å². The van der Waals surface area contributed by atoms with Gasteiger partial charge >= 0.3 is 0 Å². The molecule has 0 N–H and O–H groups in total. The van der Waals surface area contributed by atoms with Crippen LogP contribution in [0.3, 0.4) is 0 Å². The molecule has 0 spiro atoms. The third-order valence-electron chi connectivity index (χ3n) is 6.34. The minimum atomic E-state index is 0.651. The second-order valence-corrected chi connectivity index (χ2v) is 9.18. The molecule has 0 aliphatic rings. The molecular weight excluding hydrogens is 466 g/mol. The van der Waals surface area contributed by atoms with Crippen LogP contribution in [-0.2, 0) is 0 Å². The molecule has 0 atom stereocenters. The van der Waals surface area contributed by atoms with Crippen molar-refractivity contribution in [2.24, 2.45) is 0 Å². The first-order valence-electron chi connectivity index (χ1n) is 10.9. The Morgan fingerprint density at radius 2 is 1.30 bits per heavy atom. The van der Waals surface area contributed by atoms with Crippen molar-refractivity contribution in [2.75, 3.05) is 0 Å². The van der Waals surface area contributed by atoms with E-state index in [4.69, 9.17) is 0 Å². The Kier molecular flexibility index (Phi) is 4.72. The monoisotopic (exact) mass is 483 g/mol. The molecule has 0 aromatic heterocycles. The lowest BCUT2D eigenvalue weighted by Gasteiger charge is -2.14. The van der Waals surface area contributed by atoms with E-state index >= 15 is 0 Å². The average Bonchev–Trinajstić information content (AvgIpc) is 2.87. The van der Waals surface area contributed by atoms with Crippen LogP contribution in [0.5, 0.6) is 0 Å². The molecule has 6 aromatic rings. The fourth-order valence-electron chi connectivity index (χ4n) is 4.72. The minimum absolute atomic E-state index is 0.651. The van der Waals surface area contributed by atoms with Gasteiger partial charge < -0.3 is 0 Å². The van der Waals surface area contributed by atoms with Crippen LogP contribution >= 0.6 is 15.9 Å². The first-order valence-corrected chi connectivity index (χ1v) is 11.7. The Balaban J connectivity index is 1.45. The summed E-state index contributed by atoms with van der Waals surface area (Å²) >= 11 is 3.45. The highest BCUT2D eigenvalue weighted by Gasteiger charge is 2.11. The van der Waals surface area contributed by atoms with Crippen molar-refractivity contribution in [3.8, 4) is 17.2 Å². The van der Waals surface area contributed by atoms with Gasteiger partial charge in [-0.25, -0.2) is 0 Å². The van der Waals surface area contributed by atoms with Gasteiger partial charge in [-0.05, 0) is 72.8 Å². The van der Waals surface area contributed by atoms with Gasteiger partial charge in [0, 0.05) is 4.47 Å². The van der Waals surface area contributed by atoms with Gasteiger partial charge in [-0.2, -0.15) is 5.26 Å². The number of nitriles is 1. The second kappa shape index (κ2) is 7.89. The van der Waals surface area contributed by atoms with E-state index in [0.717, 1.165) is 15.6 Å². The zero-order valence-corrected chi connectivity index (χ0v) is 19.3. The Morgan fingerprint density at radius 3 is 2.00 bits per heavy atom. The van der Waals surface area contributed by atoms with Gasteiger partial charge in [0.2, 0.25) is 0 Å². The maximum atomic E-state index is 9.67. The molecule has 6 aromatic carbocycles. The summed E-state index contributed by atoms with van der Waals surface area (Å²) in [5.41, 5.74) is 4.97. The van der Waals surface area contributed by atoms with E-state index in [1.165, 1.54) is 43.4 Å². The zero-order chi connectivity index (χ0) is 22.4. The molecule has 0 saturated heterocycles. The predicted molar refractivity (Wildman–Crippen MR) is 143 cm³/mol. The normalized spacial score (nSPS) is 11.9. The van der Waals surface area contributed by atoms with Crippen molar-refractivity contribution in [2.45, 2.75) is 0 Å². The summed E-state index contributed by atoms with van der Waals surface area (Å²) < 4.78 is 1.00. The Morgan fingerprint density at radius 1 is 0.667 bits per heavy atom. The van der Waals surface area contributed by atoms with Gasteiger partial charge in [-0.3, -0.25) is 0 Å². The molecule has 6 rings (SSSR count). The van der Waals surface area contributed by atoms with Gasteiger partial charge in [-0.1, -0.05) is 107 Å². The van der Waals surface area contributed by atoms with E-state index in [1.54, 1.807) is 0 Å². The molecule has 0 aliphatic carbocycles. The van der Waals surface area contributed by atoms with E-state index in [1.807, 2.05) is 30.3 Å². The molecular formula is C31H18BrN. The number of halogens is 1. The number of rotatable bonds is 3. The summed E-state index contributed by atoms with van der Waals surface area (Å²) in [6.45, 7) is 0. The highest BCUT2D eigenvalue weighted by atomic mass is 79.9. The van der Waals surface area contributed by atoms with Crippen molar-refractivity contribution in [3.05, 3.63) is 119 Å². The van der Waals surface area contributed by atoms with E-state index in [-0.39, 0.29) is 0 Å². The van der Waals surface area contributed by atoms with Crippen molar-refractivity contribution in [1.29, 1.82) is 5.26 Å². The highest BCUT2D eigenvalue weighted by Crippen LogP contribution is 2.39. The fourth-order valence-corrected chi connectivity index (χ4v) is 4.99. The first kappa shape index (κ1) is 19.7. The zero-order valence-electron chi connectivity index (χ0n) is 17.7. The lowest BCUT2D eigenvalue weighted by Crippen LogP contribution is -1.87. The molecule has 0 saturated carbocycles. The molecule has 0 bridgehead atoms. The summed E-state index contributed by atoms with van der Waals surface area (Å²) in [5.74, 6) is 0. The van der Waals surface area contributed by atoms with Crippen molar-refractivity contribution < 1.29 is 0 Å². The number of nitrogens with zero attached hydrogens (tertiary/aromatic N) is 1. The van der Waals surface area contributed by atoms with Crippen LogP contribution in [0.15, 0.2) is 108 Å². The van der Waals surface area contributed by atoms with Crippen LogP contribution in [0, 0.1) is 11.3 Å². The highest BCUT2D eigenvalue weighted by molar-refractivity contribution is 9.10. The maximum Gasteiger partial charge on any atom is 0.0998 e. The third-order valence-corrected chi connectivity index (χ3v) is 6.87. The Labute approximate surface area is 200 Å². The summed E-state index contributed by atoms with van der Waals surface area (Å²) in [7, 11) is 0. The van der Waals surface area contributed by atoms with Gasteiger partial charge in [0.15, 0.2) is 0 Å². The Bertz CT molecular complexity index is 1690. The standard InChI is InChI=1S/C31H18BrN/c32-27-14-10-21(11-15-27)26(19-33)18-20-4-6-22(7-5-20)28-16-12-25-9-8-23-2-1-3-24-13-17-29(28)31(25)30(23)24/h1-18H. The lowest BCUT2D eigenvalue weighted by atomic mass is 9.89. The van der Waals surface area contributed by atoms with Gasteiger partial charge in [0.25, 0.3) is 0 Å². The third kappa shape index (κ3) is 3.39.